The molecule has 1 N–H and O–H groups in total. The Balaban J connectivity index is 1.83. The van der Waals surface area contributed by atoms with Crippen LogP contribution in [-0.4, -0.2) is 14.6 Å². The third-order valence-corrected chi connectivity index (χ3v) is 3.43. The molecule has 0 aliphatic heterocycles. The minimum absolute atomic E-state index is 0.0652. The fourth-order valence-corrected chi connectivity index (χ4v) is 2.22. The third kappa shape index (κ3) is 2.56. The molecule has 21 heavy (non-hydrogen) atoms. The second kappa shape index (κ2) is 5.25. The third-order valence-electron chi connectivity index (χ3n) is 3.43. The van der Waals surface area contributed by atoms with Crippen molar-refractivity contribution >= 4 is 11.6 Å². The SMILES string of the molecule is Cc1cccc2nc(NC(C)c3ccc(C#N)cc3)nn12. The van der Waals surface area contributed by atoms with Gasteiger partial charge in [-0.15, -0.1) is 5.10 Å². The van der Waals surface area contributed by atoms with Crippen molar-refractivity contribution in [3.8, 4) is 6.07 Å². The van der Waals surface area contributed by atoms with Gasteiger partial charge in [0, 0.05) is 5.69 Å². The van der Waals surface area contributed by atoms with Gasteiger partial charge in [-0.25, -0.2) is 4.52 Å². The summed E-state index contributed by atoms with van der Waals surface area (Å²) in [6.45, 7) is 4.04. The maximum absolute atomic E-state index is 8.82. The fourth-order valence-electron chi connectivity index (χ4n) is 2.22. The van der Waals surface area contributed by atoms with Crippen molar-refractivity contribution in [3.05, 3.63) is 59.3 Å². The number of pyridine rings is 1. The number of nitrogens with zero attached hydrogens (tertiary/aromatic N) is 4. The standard InChI is InChI=1S/C16H15N5/c1-11-4-3-5-15-19-16(20-21(11)15)18-12(2)14-8-6-13(10-17)7-9-14/h3-9,12H,1-2H3,(H,18,20). The molecule has 104 valence electrons. The summed E-state index contributed by atoms with van der Waals surface area (Å²) in [7, 11) is 0. The molecule has 0 aliphatic carbocycles. The van der Waals surface area contributed by atoms with Gasteiger partial charge in [-0.1, -0.05) is 18.2 Å². The van der Waals surface area contributed by atoms with Crippen LogP contribution >= 0.6 is 0 Å². The number of anilines is 1. The van der Waals surface area contributed by atoms with Crippen molar-refractivity contribution in [2.75, 3.05) is 5.32 Å². The lowest BCUT2D eigenvalue weighted by Crippen LogP contribution is -2.08. The minimum atomic E-state index is 0.0652. The first-order valence-corrected chi connectivity index (χ1v) is 6.76. The Morgan fingerprint density at radius 1 is 1.19 bits per heavy atom. The molecule has 0 fully saturated rings. The molecule has 2 heterocycles. The van der Waals surface area contributed by atoms with Gasteiger partial charge in [0.15, 0.2) is 5.65 Å². The van der Waals surface area contributed by atoms with E-state index >= 15 is 0 Å². The number of aryl methyl sites for hydroxylation is 1. The lowest BCUT2D eigenvalue weighted by molar-refractivity contribution is 0.845. The highest BCUT2D eigenvalue weighted by Crippen LogP contribution is 2.18. The van der Waals surface area contributed by atoms with E-state index in [0.717, 1.165) is 16.9 Å². The fraction of sp³-hybridized carbons (Fsp3) is 0.188. The highest BCUT2D eigenvalue weighted by molar-refractivity contribution is 5.45. The summed E-state index contributed by atoms with van der Waals surface area (Å²) in [5.41, 5.74) is 3.61. The van der Waals surface area contributed by atoms with Crippen molar-refractivity contribution in [1.29, 1.82) is 5.26 Å². The predicted octanol–water partition coefficient (Wildman–Crippen LogP) is 3.08. The molecule has 1 atom stereocenters. The van der Waals surface area contributed by atoms with Crippen LogP contribution in [0.3, 0.4) is 0 Å². The zero-order valence-electron chi connectivity index (χ0n) is 11.9. The molecule has 5 nitrogen and oxygen atoms in total. The van der Waals surface area contributed by atoms with Crippen LogP contribution in [0.2, 0.25) is 0 Å². The molecule has 2 aromatic heterocycles. The van der Waals surface area contributed by atoms with Crippen molar-refractivity contribution in [2.24, 2.45) is 0 Å². The van der Waals surface area contributed by atoms with Crippen LogP contribution in [0, 0.1) is 18.3 Å². The summed E-state index contributed by atoms with van der Waals surface area (Å²) in [6, 6.07) is 15.6. The minimum Gasteiger partial charge on any atom is -0.346 e. The van der Waals surface area contributed by atoms with E-state index in [1.165, 1.54) is 0 Å². The van der Waals surface area contributed by atoms with Crippen molar-refractivity contribution < 1.29 is 0 Å². The molecule has 0 spiro atoms. The van der Waals surface area contributed by atoms with E-state index in [1.807, 2.05) is 60.8 Å². The summed E-state index contributed by atoms with van der Waals surface area (Å²) >= 11 is 0. The van der Waals surface area contributed by atoms with Gasteiger partial charge in [-0.2, -0.15) is 10.2 Å². The van der Waals surface area contributed by atoms with Crippen LogP contribution in [0.25, 0.3) is 5.65 Å². The van der Waals surface area contributed by atoms with E-state index in [0.29, 0.717) is 11.5 Å². The molecule has 3 aromatic rings. The van der Waals surface area contributed by atoms with E-state index in [-0.39, 0.29) is 6.04 Å². The molecule has 3 rings (SSSR count). The largest absolute Gasteiger partial charge is 0.346 e. The first-order valence-electron chi connectivity index (χ1n) is 6.76. The molecule has 0 saturated heterocycles. The quantitative estimate of drug-likeness (QED) is 0.799. The monoisotopic (exact) mass is 277 g/mol. The van der Waals surface area contributed by atoms with Crippen molar-refractivity contribution in [3.63, 3.8) is 0 Å². The normalized spacial score (nSPS) is 12.0. The number of hydrogen-bond acceptors (Lipinski definition) is 4. The zero-order valence-corrected chi connectivity index (χ0v) is 11.9. The molecule has 0 amide bonds. The molecule has 5 heteroatoms. The number of rotatable bonds is 3. The van der Waals surface area contributed by atoms with Gasteiger partial charge in [0.25, 0.3) is 0 Å². The summed E-state index contributed by atoms with van der Waals surface area (Å²) < 4.78 is 1.81. The Labute approximate surface area is 122 Å². The number of fused-ring (bicyclic) bond motifs is 1. The molecule has 0 aliphatic rings. The lowest BCUT2D eigenvalue weighted by atomic mass is 10.1. The van der Waals surface area contributed by atoms with E-state index in [9.17, 15) is 0 Å². The second-order valence-electron chi connectivity index (χ2n) is 4.97. The lowest BCUT2D eigenvalue weighted by Gasteiger charge is -2.12. The predicted molar refractivity (Wildman–Crippen MR) is 80.9 cm³/mol. The van der Waals surface area contributed by atoms with E-state index in [1.54, 1.807) is 0 Å². The number of hydrogen-bond donors (Lipinski definition) is 1. The first kappa shape index (κ1) is 13.1. The summed E-state index contributed by atoms with van der Waals surface area (Å²) in [4.78, 5) is 4.46. The topological polar surface area (TPSA) is 66.0 Å². The second-order valence-corrected chi connectivity index (χ2v) is 4.97. The van der Waals surface area contributed by atoms with Gasteiger partial charge < -0.3 is 5.32 Å². The van der Waals surface area contributed by atoms with Gasteiger partial charge in [0.2, 0.25) is 5.95 Å². The summed E-state index contributed by atoms with van der Waals surface area (Å²) in [5.74, 6) is 0.598. The average Bonchev–Trinajstić information content (AvgIpc) is 2.91. The number of aromatic nitrogens is 3. The smallest absolute Gasteiger partial charge is 0.243 e. The van der Waals surface area contributed by atoms with Gasteiger partial charge in [0.1, 0.15) is 0 Å². The maximum Gasteiger partial charge on any atom is 0.243 e. The molecular weight excluding hydrogens is 262 g/mol. The Morgan fingerprint density at radius 2 is 1.95 bits per heavy atom. The van der Waals surface area contributed by atoms with Crippen LogP contribution in [0.15, 0.2) is 42.5 Å². The number of benzene rings is 1. The number of nitrogens with one attached hydrogen (secondary N) is 1. The van der Waals surface area contributed by atoms with E-state index < -0.39 is 0 Å². The zero-order chi connectivity index (χ0) is 14.8. The van der Waals surface area contributed by atoms with Gasteiger partial charge in [-0.3, -0.25) is 0 Å². The average molecular weight is 277 g/mol. The summed E-state index contributed by atoms with van der Waals surface area (Å²) in [6.07, 6.45) is 0. The Kier molecular flexibility index (Phi) is 3.28. The highest BCUT2D eigenvalue weighted by Gasteiger charge is 2.10. The highest BCUT2D eigenvalue weighted by atomic mass is 15.4. The van der Waals surface area contributed by atoms with Crippen LogP contribution in [0.4, 0.5) is 5.95 Å². The summed E-state index contributed by atoms with van der Waals surface area (Å²) in [5, 5.41) is 16.6. The Morgan fingerprint density at radius 3 is 2.62 bits per heavy atom. The molecule has 0 radical (unpaired) electrons. The number of nitriles is 1. The van der Waals surface area contributed by atoms with Crippen LogP contribution in [0.1, 0.15) is 29.8 Å². The first-order chi connectivity index (χ1) is 10.2. The molecule has 1 unspecified atom stereocenters. The van der Waals surface area contributed by atoms with Crippen LogP contribution in [-0.2, 0) is 0 Å². The Bertz CT molecular complexity index is 811. The van der Waals surface area contributed by atoms with Gasteiger partial charge >= 0.3 is 0 Å². The van der Waals surface area contributed by atoms with Crippen LogP contribution in [0.5, 0.6) is 0 Å². The molecular formula is C16H15N5. The van der Waals surface area contributed by atoms with Crippen molar-refractivity contribution in [2.45, 2.75) is 19.9 Å². The molecule has 0 bridgehead atoms. The van der Waals surface area contributed by atoms with E-state index in [4.69, 9.17) is 5.26 Å². The van der Waals surface area contributed by atoms with Crippen LogP contribution < -0.4 is 5.32 Å². The maximum atomic E-state index is 8.82. The molecule has 0 saturated carbocycles. The van der Waals surface area contributed by atoms with Gasteiger partial charge in [0.05, 0.1) is 17.7 Å². The Hall–Kier alpha value is -2.87. The van der Waals surface area contributed by atoms with Crippen molar-refractivity contribution in [1.82, 2.24) is 14.6 Å². The molecule has 1 aromatic carbocycles. The van der Waals surface area contributed by atoms with E-state index in [2.05, 4.69) is 21.5 Å². The van der Waals surface area contributed by atoms with Gasteiger partial charge in [-0.05, 0) is 43.7 Å².